The molecule has 1 saturated heterocycles. The first-order chi connectivity index (χ1) is 10.5. The molecule has 9 heteroatoms. The Balaban J connectivity index is 1.87. The number of halogens is 1. The molecule has 124 valence electrons. The lowest BCUT2D eigenvalue weighted by molar-refractivity contribution is 0.493. The van der Waals surface area contributed by atoms with Gasteiger partial charge in [-0.25, -0.2) is 13.1 Å². The van der Waals surface area contributed by atoms with Gasteiger partial charge in [-0.15, -0.1) is 11.3 Å². The lowest BCUT2D eigenvalue weighted by atomic mass is 10.4. The first-order valence-electron chi connectivity index (χ1n) is 7.31. The molecule has 0 atom stereocenters. The topological polar surface area (TPSA) is 73.8 Å². The zero-order chi connectivity index (χ0) is 16.0. The normalized spacial score (nSPS) is 16.3. The van der Waals surface area contributed by atoms with E-state index < -0.39 is 10.0 Å². The van der Waals surface area contributed by atoms with E-state index in [9.17, 15) is 8.42 Å². The predicted octanol–water partition coefficient (Wildman–Crippen LogP) is 1.74. The largest absolute Gasteiger partial charge is 0.357 e. The van der Waals surface area contributed by atoms with Crippen molar-refractivity contribution in [3.05, 3.63) is 16.5 Å². The summed E-state index contributed by atoms with van der Waals surface area (Å²) in [6, 6.07) is 3.09. The van der Waals surface area contributed by atoms with Gasteiger partial charge in [-0.05, 0) is 31.9 Å². The number of sulfonamides is 1. The average molecular weight is 365 g/mol. The minimum atomic E-state index is -3.49. The van der Waals surface area contributed by atoms with Gasteiger partial charge in [0, 0.05) is 26.2 Å². The Morgan fingerprint density at radius 2 is 2.14 bits per heavy atom. The van der Waals surface area contributed by atoms with Crippen LogP contribution in [-0.4, -0.2) is 52.0 Å². The highest BCUT2D eigenvalue weighted by Crippen LogP contribution is 2.25. The van der Waals surface area contributed by atoms with Gasteiger partial charge in [-0.1, -0.05) is 11.6 Å². The van der Waals surface area contributed by atoms with Crippen LogP contribution in [0.3, 0.4) is 0 Å². The molecule has 0 saturated carbocycles. The molecule has 6 nitrogen and oxygen atoms in total. The van der Waals surface area contributed by atoms with Crippen molar-refractivity contribution in [2.24, 2.45) is 4.99 Å². The Bertz CT molecular complexity index is 609. The van der Waals surface area contributed by atoms with Crippen molar-refractivity contribution in [1.82, 2.24) is 14.9 Å². The number of hydrogen-bond donors (Lipinski definition) is 2. The molecule has 1 aromatic heterocycles. The summed E-state index contributed by atoms with van der Waals surface area (Å²) in [6.45, 7) is 5.50. The van der Waals surface area contributed by atoms with Crippen LogP contribution >= 0.6 is 22.9 Å². The fourth-order valence-corrected chi connectivity index (χ4v) is 4.76. The highest BCUT2D eigenvalue weighted by Gasteiger charge is 2.17. The lowest BCUT2D eigenvalue weighted by Crippen LogP contribution is -2.40. The van der Waals surface area contributed by atoms with Crippen molar-refractivity contribution < 1.29 is 8.42 Å². The maximum atomic E-state index is 12.0. The first kappa shape index (κ1) is 17.5. The third-order valence-corrected chi connectivity index (χ3v) is 6.40. The number of likely N-dealkylation sites (tertiary alicyclic amines) is 1. The third-order valence-electron chi connectivity index (χ3n) is 3.22. The molecule has 0 unspecified atom stereocenters. The van der Waals surface area contributed by atoms with Crippen molar-refractivity contribution >= 4 is 38.9 Å². The number of guanidine groups is 1. The van der Waals surface area contributed by atoms with Crippen LogP contribution in [0.15, 0.2) is 21.3 Å². The molecular weight excluding hydrogens is 344 g/mol. The minimum Gasteiger partial charge on any atom is -0.357 e. The number of rotatable bonds is 6. The van der Waals surface area contributed by atoms with Gasteiger partial charge in [0.15, 0.2) is 5.96 Å². The molecule has 22 heavy (non-hydrogen) atoms. The van der Waals surface area contributed by atoms with E-state index in [0.717, 1.165) is 36.9 Å². The number of nitrogens with zero attached hydrogens (tertiary/aromatic N) is 2. The second-order valence-electron chi connectivity index (χ2n) is 4.89. The van der Waals surface area contributed by atoms with E-state index in [1.807, 2.05) is 6.92 Å². The van der Waals surface area contributed by atoms with Gasteiger partial charge in [0.2, 0.25) is 10.0 Å². The van der Waals surface area contributed by atoms with E-state index in [-0.39, 0.29) is 10.8 Å². The lowest BCUT2D eigenvalue weighted by Gasteiger charge is -2.20. The summed E-state index contributed by atoms with van der Waals surface area (Å²) in [4.78, 5) is 6.68. The molecule has 0 aliphatic carbocycles. The van der Waals surface area contributed by atoms with Crippen LogP contribution in [0.4, 0.5) is 0 Å². The Morgan fingerprint density at radius 1 is 1.41 bits per heavy atom. The molecule has 1 aromatic rings. The molecule has 1 aliphatic rings. The van der Waals surface area contributed by atoms with Gasteiger partial charge >= 0.3 is 0 Å². The summed E-state index contributed by atoms with van der Waals surface area (Å²) >= 11 is 6.81. The average Bonchev–Trinajstić information content (AvgIpc) is 3.13. The predicted molar refractivity (Wildman–Crippen MR) is 91.3 cm³/mol. The van der Waals surface area contributed by atoms with Gasteiger partial charge in [-0.2, -0.15) is 0 Å². The molecule has 0 radical (unpaired) electrons. The SMILES string of the molecule is CCNC(=NCCNS(=O)(=O)c1ccc(Cl)s1)N1CCCC1. The zero-order valence-electron chi connectivity index (χ0n) is 12.5. The standard InChI is InChI=1S/C13H21ClN4O2S2/c1-2-15-13(18-9-3-4-10-18)16-7-8-17-22(19,20)12-6-5-11(14)21-12/h5-6,17H,2-4,7-10H2,1H3,(H,15,16). The Hall–Kier alpha value is -0.830. The van der Waals surface area contributed by atoms with E-state index in [2.05, 4.69) is 19.9 Å². The first-order valence-corrected chi connectivity index (χ1v) is 9.99. The van der Waals surface area contributed by atoms with Crippen LogP contribution in [0.2, 0.25) is 4.34 Å². The number of hydrogen-bond acceptors (Lipinski definition) is 4. The van der Waals surface area contributed by atoms with Crippen molar-refractivity contribution in [3.63, 3.8) is 0 Å². The number of aliphatic imine (C=N–C) groups is 1. The molecule has 1 fully saturated rings. The summed E-state index contributed by atoms with van der Waals surface area (Å²) in [6.07, 6.45) is 2.35. The minimum absolute atomic E-state index is 0.230. The summed E-state index contributed by atoms with van der Waals surface area (Å²) in [7, 11) is -3.49. The maximum Gasteiger partial charge on any atom is 0.250 e. The highest BCUT2D eigenvalue weighted by molar-refractivity contribution is 7.91. The Kier molecular flexibility index (Phi) is 6.49. The molecule has 2 rings (SSSR count). The molecule has 0 amide bonds. The van der Waals surface area contributed by atoms with Crippen LogP contribution in [0.1, 0.15) is 19.8 Å². The summed E-state index contributed by atoms with van der Waals surface area (Å²) in [5, 5.41) is 3.24. The summed E-state index contributed by atoms with van der Waals surface area (Å²) in [5.74, 6) is 0.860. The van der Waals surface area contributed by atoms with Gasteiger partial charge < -0.3 is 10.2 Å². The monoisotopic (exact) mass is 364 g/mol. The van der Waals surface area contributed by atoms with Gasteiger partial charge in [0.25, 0.3) is 0 Å². The van der Waals surface area contributed by atoms with E-state index in [4.69, 9.17) is 11.6 Å². The maximum absolute atomic E-state index is 12.0. The van der Waals surface area contributed by atoms with Crippen molar-refractivity contribution in [2.75, 3.05) is 32.7 Å². The third kappa shape index (κ3) is 4.84. The second-order valence-corrected chi connectivity index (χ2v) is 8.60. The summed E-state index contributed by atoms with van der Waals surface area (Å²) < 4.78 is 27.3. The summed E-state index contributed by atoms with van der Waals surface area (Å²) in [5.41, 5.74) is 0. The quantitative estimate of drug-likeness (QED) is 0.458. The number of thiophene rings is 1. The zero-order valence-corrected chi connectivity index (χ0v) is 14.9. The van der Waals surface area contributed by atoms with Gasteiger partial charge in [0.05, 0.1) is 10.9 Å². The van der Waals surface area contributed by atoms with Crippen LogP contribution < -0.4 is 10.0 Å². The van der Waals surface area contributed by atoms with Gasteiger partial charge in [0.1, 0.15) is 4.21 Å². The molecule has 1 aliphatic heterocycles. The van der Waals surface area contributed by atoms with E-state index in [0.29, 0.717) is 10.9 Å². The Morgan fingerprint density at radius 3 is 2.73 bits per heavy atom. The molecule has 0 spiro atoms. The van der Waals surface area contributed by atoms with E-state index in [1.165, 1.54) is 18.9 Å². The van der Waals surface area contributed by atoms with Crippen LogP contribution in [0.5, 0.6) is 0 Å². The molecular formula is C13H21ClN4O2S2. The second kappa shape index (κ2) is 8.14. The fraction of sp³-hybridized carbons (Fsp3) is 0.615. The molecule has 0 bridgehead atoms. The molecule has 2 N–H and O–H groups in total. The Labute approximate surface area is 140 Å². The van der Waals surface area contributed by atoms with Crippen molar-refractivity contribution in [3.8, 4) is 0 Å². The number of nitrogens with one attached hydrogen (secondary N) is 2. The van der Waals surface area contributed by atoms with Crippen molar-refractivity contribution in [1.29, 1.82) is 0 Å². The van der Waals surface area contributed by atoms with Crippen LogP contribution in [0.25, 0.3) is 0 Å². The fourth-order valence-electron chi connectivity index (χ4n) is 2.21. The highest BCUT2D eigenvalue weighted by atomic mass is 35.5. The van der Waals surface area contributed by atoms with Gasteiger partial charge in [-0.3, -0.25) is 4.99 Å². The van der Waals surface area contributed by atoms with Crippen LogP contribution in [0, 0.1) is 0 Å². The molecule has 2 heterocycles. The smallest absolute Gasteiger partial charge is 0.250 e. The van der Waals surface area contributed by atoms with E-state index in [1.54, 1.807) is 6.07 Å². The van der Waals surface area contributed by atoms with Crippen LogP contribution in [-0.2, 0) is 10.0 Å². The van der Waals surface area contributed by atoms with Crippen molar-refractivity contribution in [2.45, 2.75) is 24.0 Å². The molecule has 0 aromatic carbocycles. The van der Waals surface area contributed by atoms with E-state index >= 15 is 0 Å².